The van der Waals surface area contributed by atoms with E-state index in [0.717, 1.165) is 3.57 Å². The maximum Gasteiger partial charge on any atom is 0.309 e. The number of aldehydes is 1. The molecule has 0 bridgehead atoms. The number of halogens is 1. The number of rotatable bonds is 3. The Morgan fingerprint density at radius 2 is 2.31 bits per heavy atom. The Morgan fingerprint density at radius 3 is 2.85 bits per heavy atom. The first-order valence-corrected chi connectivity index (χ1v) is 4.53. The summed E-state index contributed by atoms with van der Waals surface area (Å²) >= 11 is 2.01. The van der Waals surface area contributed by atoms with Crippen molar-refractivity contribution >= 4 is 34.8 Å². The lowest BCUT2D eigenvalue weighted by Gasteiger charge is -1.98. The van der Waals surface area contributed by atoms with Crippen LogP contribution in [0, 0.1) is 3.57 Å². The van der Waals surface area contributed by atoms with Gasteiger partial charge in [0.15, 0.2) is 6.29 Å². The molecule has 1 rings (SSSR count). The molecule has 68 valence electrons. The third kappa shape index (κ3) is 3.10. The molecule has 0 fully saturated rings. The molecule has 0 saturated heterocycles. The summed E-state index contributed by atoms with van der Waals surface area (Å²) in [6.45, 7) is 0. The van der Waals surface area contributed by atoms with Crippen molar-refractivity contribution in [3.8, 4) is 0 Å². The van der Waals surface area contributed by atoms with Crippen LogP contribution in [0.3, 0.4) is 0 Å². The molecule has 0 spiro atoms. The van der Waals surface area contributed by atoms with Gasteiger partial charge >= 0.3 is 5.97 Å². The van der Waals surface area contributed by atoms with Crippen LogP contribution in [0.1, 0.15) is 16.2 Å². The highest BCUT2D eigenvalue weighted by Gasteiger charge is 2.04. The normalized spacial score (nSPS) is 9.62. The van der Waals surface area contributed by atoms with Crippen molar-refractivity contribution in [2.45, 2.75) is 6.42 Å². The van der Waals surface area contributed by atoms with Crippen molar-refractivity contribution in [1.82, 2.24) is 4.98 Å². The first kappa shape index (κ1) is 10.1. The summed E-state index contributed by atoms with van der Waals surface area (Å²) in [5.41, 5.74) is 0.671. The number of carbonyl (C=O) groups is 2. The zero-order valence-electron chi connectivity index (χ0n) is 6.53. The lowest BCUT2D eigenvalue weighted by molar-refractivity contribution is -0.136. The van der Waals surface area contributed by atoms with Crippen molar-refractivity contribution in [3.05, 3.63) is 27.1 Å². The van der Waals surface area contributed by atoms with E-state index in [-0.39, 0.29) is 12.1 Å². The third-order valence-electron chi connectivity index (χ3n) is 1.32. The van der Waals surface area contributed by atoms with E-state index in [9.17, 15) is 9.59 Å². The molecule has 0 unspecified atom stereocenters. The Balaban J connectivity index is 3.01. The molecule has 0 amide bonds. The lowest BCUT2D eigenvalue weighted by Crippen LogP contribution is -2.04. The first-order chi connectivity index (χ1) is 6.11. The van der Waals surface area contributed by atoms with E-state index >= 15 is 0 Å². The highest BCUT2D eigenvalue weighted by Crippen LogP contribution is 2.08. The predicted molar refractivity (Wildman–Crippen MR) is 53.7 cm³/mol. The summed E-state index contributed by atoms with van der Waals surface area (Å²) < 4.78 is 0.811. The predicted octanol–water partition coefficient (Wildman–Crippen LogP) is 1.13. The Hall–Kier alpha value is -0.980. The Bertz CT molecular complexity index is 351. The minimum Gasteiger partial charge on any atom is -0.481 e. The van der Waals surface area contributed by atoms with Gasteiger partial charge < -0.3 is 5.11 Å². The van der Waals surface area contributed by atoms with Crippen LogP contribution in [0.2, 0.25) is 0 Å². The van der Waals surface area contributed by atoms with E-state index < -0.39 is 5.97 Å². The second-order valence-electron chi connectivity index (χ2n) is 2.39. The van der Waals surface area contributed by atoms with E-state index in [0.29, 0.717) is 12.0 Å². The molecule has 0 saturated carbocycles. The first-order valence-electron chi connectivity index (χ1n) is 3.45. The number of nitrogens with zero attached hydrogens (tertiary/aromatic N) is 1. The molecule has 0 atom stereocenters. The van der Waals surface area contributed by atoms with Gasteiger partial charge in [-0.1, -0.05) is 0 Å². The lowest BCUT2D eigenvalue weighted by atomic mass is 10.2. The Labute approximate surface area is 88.1 Å². The van der Waals surface area contributed by atoms with Gasteiger partial charge in [-0.3, -0.25) is 9.59 Å². The van der Waals surface area contributed by atoms with Crippen LogP contribution < -0.4 is 0 Å². The topological polar surface area (TPSA) is 67.3 Å². The second kappa shape index (κ2) is 4.31. The molecule has 0 aromatic carbocycles. The molecule has 4 nitrogen and oxygen atoms in total. The van der Waals surface area contributed by atoms with Gasteiger partial charge in [0.2, 0.25) is 0 Å². The van der Waals surface area contributed by atoms with E-state index in [1.807, 2.05) is 22.6 Å². The van der Waals surface area contributed by atoms with Crippen LogP contribution in [0.5, 0.6) is 0 Å². The summed E-state index contributed by atoms with van der Waals surface area (Å²) in [5, 5.41) is 8.49. The number of aromatic nitrogens is 1. The van der Waals surface area contributed by atoms with Gasteiger partial charge in [0.05, 0.1) is 12.1 Å². The standard InChI is InChI=1S/C8H6INO3/c9-5-1-6(3-8(12)13)10-7(2-5)4-11/h1-2,4H,3H2,(H,12,13). The molecule has 0 aliphatic rings. The number of hydrogen-bond acceptors (Lipinski definition) is 3. The van der Waals surface area contributed by atoms with Crippen molar-refractivity contribution in [2.75, 3.05) is 0 Å². The number of carboxylic acid groups (broad SMARTS) is 1. The SMILES string of the molecule is O=Cc1cc(I)cc(CC(=O)O)n1. The van der Waals surface area contributed by atoms with Crippen LogP contribution in [0.25, 0.3) is 0 Å². The van der Waals surface area contributed by atoms with Crippen molar-refractivity contribution in [2.24, 2.45) is 0 Å². The maximum atomic E-state index is 10.4. The van der Waals surface area contributed by atoms with Crippen LogP contribution in [-0.4, -0.2) is 22.3 Å². The third-order valence-corrected chi connectivity index (χ3v) is 1.94. The molecule has 0 aliphatic carbocycles. The molecular weight excluding hydrogens is 285 g/mol. The number of hydrogen-bond donors (Lipinski definition) is 1. The van der Waals surface area contributed by atoms with Gasteiger partial charge in [-0.15, -0.1) is 0 Å². The zero-order valence-corrected chi connectivity index (χ0v) is 8.69. The maximum absolute atomic E-state index is 10.4. The second-order valence-corrected chi connectivity index (χ2v) is 3.64. The van der Waals surface area contributed by atoms with Gasteiger partial charge in [-0.05, 0) is 34.7 Å². The fraction of sp³-hybridized carbons (Fsp3) is 0.125. The molecule has 13 heavy (non-hydrogen) atoms. The number of carboxylic acids is 1. The van der Waals surface area contributed by atoms with Gasteiger partial charge in [-0.25, -0.2) is 4.98 Å². The number of aliphatic carboxylic acids is 1. The van der Waals surface area contributed by atoms with Crippen molar-refractivity contribution < 1.29 is 14.7 Å². The average Bonchev–Trinajstić information content (AvgIpc) is 2.01. The van der Waals surface area contributed by atoms with E-state index in [4.69, 9.17) is 5.11 Å². The molecule has 0 radical (unpaired) electrons. The summed E-state index contributed by atoms with van der Waals surface area (Å²) in [5.74, 6) is -0.952. The monoisotopic (exact) mass is 291 g/mol. The molecule has 1 heterocycles. The quantitative estimate of drug-likeness (QED) is 0.669. The number of pyridine rings is 1. The molecule has 5 heteroatoms. The van der Waals surface area contributed by atoms with E-state index in [1.165, 1.54) is 0 Å². The van der Waals surface area contributed by atoms with Gasteiger partial charge in [0, 0.05) is 3.57 Å². The van der Waals surface area contributed by atoms with E-state index in [2.05, 4.69) is 4.98 Å². The Kier molecular flexibility index (Phi) is 3.35. The van der Waals surface area contributed by atoms with Crippen molar-refractivity contribution in [3.63, 3.8) is 0 Å². The van der Waals surface area contributed by atoms with Crippen LogP contribution >= 0.6 is 22.6 Å². The van der Waals surface area contributed by atoms with Gasteiger partial charge in [0.1, 0.15) is 5.69 Å². The van der Waals surface area contributed by atoms with E-state index in [1.54, 1.807) is 12.1 Å². The molecular formula is C8H6INO3. The zero-order chi connectivity index (χ0) is 9.84. The number of carbonyl (C=O) groups excluding carboxylic acids is 1. The highest BCUT2D eigenvalue weighted by atomic mass is 127. The van der Waals surface area contributed by atoms with Gasteiger partial charge in [-0.2, -0.15) is 0 Å². The van der Waals surface area contributed by atoms with Crippen LogP contribution in [-0.2, 0) is 11.2 Å². The largest absolute Gasteiger partial charge is 0.481 e. The van der Waals surface area contributed by atoms with Crippen molar-refractivity contribution in [1.29, 1.82) is 0 Å². The molecule has 0 aliphatic heterocycles. The smallest absolute Gasteiger partial charge is 0.309 e. The average molecular weight is 291 g/mol. The fourth-order valence-electron chi connectivity index (χ4n) is 0.878. The van der Waals surface area contributed by atoms with Crippen LogP contribution in [0.4, 0.5) is 0 Å². The molecule has 1 N–H and O–H groups in total. The van der Waals surface area contributed by atoms with Crippen LogP contribution in [0.15, 0.2) is 12.1 Å². The highest BCUT2D eigenvalue weighted by molar-refractivity contribution is 14.1. The minimum atomic E-state index is -0.952. The summed E-state index contributed by atoms with van der Waals surface area (Å²) in [6, 6.07) is 3.24. The summed E-state index contributed by atoms with van der Waals surface area (Å²) in [4.78, 5) is 24.6. The fourth-order valence-corrected chi connectivity index (χ4v) is 1.56. The summed E-state index contributed by atoms with van der Waals surface area (Å²) in [6.07, 6.45) is 0.450. The molecule has 1 aromatic heterocycles. The molecule has 1 aromatic rings. The van der Waals surface area contributed by atoms with Gasteiger partial charge in [0.25, 0.3) is 0 Å². The Morgan fingerprint density at radius 1 is 1.62 bits per heavy atom. The summed E-state index contributed by atoms with van der Waals surface area (Å²) in [7, 11) is 0. The minimum absolute atomic E-state index is 0.155.